The Labute approximate surface area is 161 Å². The molecule has 0 spiro atoms. The molecule has 1 aromatic carbocycles. The van der Waals surface area contributed by atoms with Crippen LogP contribution in [-0.2, 0) is 11.3 Å². The van der Waals surface area contributed by atoms with Crippen molar-refractivity contribution in [2.75, 3.05) is 45.9 Å². The number of hydrogen-bond donors (Lipinski definition) is 2. The number of rotatable bonds is 10. The third kappa shape index (κ3) is 10.7. The van der Waals surface area contributed by atoms with E-state index < -0.39 is 0 Å². The van der Waals surface area contributed by atoms with Gasteiger partial charge in [-0.25, -0.2) is 0 Å². The zero-order valence-electron chi connectivity index (χ0n) is 14.1. The number of hydrogen-bond acceptors (Lipinski definition) is 4. The molecule has 2 N–H and O–H groups in total. The quantitative estimate of drug-likeness (QED) is 0.247. The van der Waals surface area contributed by atoms with Gasteiger partial charge in [0.1, 0.15) is 5.75 Å². The van der Waals surface area contributed by atoms with E-state index in [0.29, 0.717) is 6.61 Å². The van der Waals surface area contributed by atoms with Crippen molar-refractivity contribution in [3.05, 3.63) is 29.8 Å². The van der Waals surface area contributed by atoms with Gasteiger partial charge in [0.05, 0.1) is 13.7 Å². The molecular formula is C16H28IN3O2S. The minimum Gasteiger partial charge on any atom is -0.497 e. The van der Waals surface area contributed by atoms with Gasteiger partial charge in [-0.1, -0.05) is 12.1 Å². The van der Waals surface area contributed by atoms with Crippen molar-refractivity contribution >= 4 is 41.7 Å². The first kappa shape index (κ1) is 22.3. The largest absolute Gasteiger partial charge is 0.497 e. The Morgan fingerprint density at radius 1 is 1.17 bits per heavy atom. The number of thioether (sulfide) groups is 1. The van der Waals surface area contributed by atoms with Crippen LogP contribution < -0.4 is 15.4 Å². The van der Waals surface area contributed by atoms with E-state index in [0.717, 1.165) is 49.1 Å². The van der Waals surface area contributed by atoms with Crippen molar-refractivity contribution in [3.8, 4) is 5.75 Å². The van der Waals surface area contributed by atoms with Crippen LogP contribution in [0, 0.1) is 0 Å². The topological polar surface area (TPSA) is 54.9 Å². The predicted molar refractivity (Wildman–Crippen MR) is 110 cm³/mol. The number of methoxy groups -OCH3 is 1. The van der Waals surface area contributed by atoms with E-state index in [4.69, 9.17) is 9.47 Å². The molecule has 7 heteroatoms. The number of nitrogens with one attached hydrogen (secondary N) is 2. The Hall–Kier alpha value is -0.670. The monoisotopic (exact) mass is 453 g/mol. The molecule has 0 aliphatic rings. The van der Waals surface area contributed by atoms with Gasteiger partial charge in [0.25, 0.3) is 0 Å². The van der Waals surface area contributed by atoms with E-state index in [2.05, 4.69) is 21.9 Å². The maximum atomic E-state index is 5.66. The van der Waals surface area contributed by atoms with Crippen LogP contribution in [-0.4, -0.2) is 51.8 Å². The lowest BCUT2D eigenvalue weighted by molar-refractivity contribution is 0.119. The van der Waals surface area contributed by atoms with Crippen molar-refractivity contribution < 1.29 is 9.47 Å². The van der Waals surface area contributed by atoms with Crippen molar-refractivity contribution in [2.45, 2.75) is 13.0 Å². The first-order valence-electron chi connectivity index (χ1n) is 7.44. The van der Waals surface area contributed by atoms with Crippen LogP contribution in [0.2, 0.25) is 0 Å². The summed E-state index contributed by atoms with van der Waals surface area (Å²) in [5.74, 6) is 2.79. The highest BCUT2D eigenvalue weighted by Gasteiger charge is 1.97. The molecule has 1 aromatic rings. The van der Waals surface area contributed by atoms with E-state index in [1.54, 1.807) is 14.2 Å². The maximum Gasteiger partial charge on any atom is 0.191 e. The summed E-state index contributed by atoms with van der Waals surface area (Å²) >= 11 is 1.82. The number of aliphatic imine (C=N–C) groups is 1. The standard InChI is InChI=1S/C16H27N3O2S.HI/c1-17-16(19-10-12-22-3)18-9-4-11-21-13-14-5-7-15(20-2)8-6-14;/h5-8H,4,9-13H2,1-3H3,(H2,17,18,19);1H. The molecule has 0 atom stereocenters. The second-order valence-electron chi connectivity index (χ2n) is 4.67. The fraction of sp³-hybridized carbons (Fsp3) is 0.562. The lowest BCUT2D eigenvalue weighted by Crippen LogP contribution is -2.39. The second-order valence-corrected chi connectivity index (χ2v) is 5.66. The number of ether oxygens (including phenoxy) is 2. The maximum absolute atomic E-state index is 5.66. The fourth-order valence-electron chi connectivity index (χ4n) is 1.78. The minimum absolute atomic E-state index is 0. The van der Waals surface area contributed by atoms with Gasteiger partial charge >= 0.3 is 0 Å². The van der Waals surface area contributed by atoms with Crippen LogP contribution in [0.15, 0.2) is 29.3 Å². The summed E-state index contributed by atoms with van der Waals surface area (Å²) in [6.07, 6.45) is 3.04. The molecule has 0 aromatic heterocycles. The van der Waals surface area contributed by atoms with Crippen LogP contribution in [0.3, 0.4) is 0 Å². The molecular weight excluding hydrogens is 425 g/mol. The first-order chi connectivity index (χ1) is 10.8. The predicted octanol–water partition coefficient (Wildman–Crippen LogP) is 2.75. The van der Waals surface area contributed by atoms with Crippen LogP contribution >= 0.6 is 35.7 Å². The third-order valence-electron chi connectivity index (χ3n) is 3.01. The normalized spacial score (nSPS) is 10.8. The molecule has 0 saturated carbocycles. The molecule has 0 amide bonds. The van der Waals surface area contributed by atoms with Gasteiger partial charge in [-0.15, -0.1) is 24.0 Å². The van der Waals surface area contributed by atoms with Crippen LogP contribution in [0.25, 0.3) is 0 Å². The SMILES string of the molecule is CN=C(NCCCOCc1ccc(OC)cc1)NCCSC.I. The summed E-state index contributed by atoms with van der Waals surface area (Å²) < 4.78 is 10.8. The molecule has 0 unspecified atom stereocenters. The summed E-state index contributed by atoms with van der Waals surface area (Å²) in [5, 5.41) is 6.54. The second kappa shape index (κ2) is 14.9. The van der Waals surface area contributed by atoms with Crippen molar-refractivity contribution in [3.63, 3.8) is 0 Å². The highest BCUT2D eigenvalue weighted by Crippen LogP contribution is 2.11. The Balaban J connectivity index is 0.00000484. The van der Waals surface area contributed by atoms with E-state index in [1.807, 2.05) is 36.0 Å². The average Bonchev–Trinajstić information content (AvgIpc) is 2.57. The number of benzene rings is 1. The molecule has 0 bridgehead atoms. The summed E-state index contributed by atoms with van der Waals surface area (Å²) in [7, 11) is 3.46. The lowest BCUT2D eigenvalue weighted by Gasteiger charge is -2.11. The van der Waals surface area contributed by atoms with Gasteiger partial charge in [-0.3, -0.25) is 4.99 Å². The van der Waals surface area contributed by atoms with Gasteiger partial charge in [0, 0.05) is 32.5 Å². The van der Waals surface area contributed by atoms with Crippen molar-refractivity contribution in [2.24, 2.45) is 4.99 Å². The molecule has 132 valence electrons. The molecule has 0 fully saturated rings. The van der Waals surface area contributed by atoms with Crippen molar-refractivity contribution in [1.82, 2.24) is 10.6 Å². The Bertz CT molecular complexity index is 430. The highest BCUT2D eigenvalue weighted by atomic mass is 127. The molecule has 0 aliphatic carbocycles. The molecule has 1 rings (SSSR count). The number of halogens is 1. The van der Waals surface area contributed by atoms with Crippen molar-refractivity contribution in [1.29, 1.82) is 0 Å². The number of nitrogens with zero attached hydrogens (tertiary/aromatic N) is 1. The highest BCUT2D eigenvalue weighted by molar-refractivity contribution is 14.0. The van der Waals surface area contributed by atoms with Gasteiger partial charge < -0.3 is 20.1 Å². The third-order valence-corrected chi connectivity index (χ3v) is 3.62. The van der Waals surface area contributed by atoms with Gasteiger partial charge in [0.15, 0.2) is 5.96 Å². The molecule has 5 nitrogen and oxygen atoms in total. The van der Waals surface area contributed by atoms with Crippen LogP contribution in [0.4, 0.5) is 0 Å². The fourth-order valence-corrected chi connectivity index (χ4v) is 2.09. The summed E-state index contributed by atoms with van der Waals surface area (Å²) in [4.78, 5) is 4.17. The summed E-state index contributed by atoms with van der Waals surface area (Å²) in [6, 6.07) is 7.94. The van der Waals surface area contributed by atoms with E-state index in [1.165, 1.54) is 0 Å². The minimum atomic E-state index is 0. The molecule has 23 heavy (non-hydrogen) atoms. The van der Waals surface area contributed by atoms with Crippen LogP contribution in [0.5, 0.6) is 5.75 Å². The number of guanidine groups is 1. The smallest absolute Gasteiger partial charge is 0.191 e. The lowest BCUT2D eigenvalue weighted by atomic mass is 10.2. The Kier molecular flexibility index (Phi) is 14.5. The molecule has 0 radical (unpaired) electrons. The molecule has 0 heterocycles. The van der Waals surface area contributed by atoms with Crippen LogP contribution in [0.1, 0.15) is 12.0 Å². The van der Waals surface area contributed by atoms with Gasteiger partial charge in [0.2, 0.25) is 0 Å². The zero-order chi connectivity index (χ0) is 16.0. The summed E-state index contributed by atoms with van der Waals surface area (Å²) in [6.45, 7) is 3.13. The Morgan fingerprint density at radius 2 is 1.87 bits per heavy atom. The zero-order valence-corrected chi connectivity index (χ0v) is 17.3. The van der Waals surface area contributed by atoms with E-state index >= 15 is 0 Å². The van der Waals surface area contributed by atoms with Gasteiger partial charge in [-0.2, -0.15) is 11.8 Å². The average molecular weight is 453 g/mol. The Morgan fingerprint density at radius 3 is 2.48 bits per heavy atom. The van der Waals surface area contributed by atoms with Gasteiger partial charge in [-0.05, 0) is 30.4 Å². The van der Waals surface area contributed by atoms with E-state index in [9.17, 15) is 0 Å². The van der Waals surface area contributed by atoms with E-state index in [-0.39, 0.29) is 24.0 Å². The molecule has 0 saturated heterocycles. The first-order valence-corrected chi connectivity index (χ1v) is 8.83. The molecule has 0 aliphatic heterocycles. The summed E-state index contributed by atoms with van der Waals surface area (Å²) in [5.41, 5.74) is 1.16.